The summed E-state index contributed by atoms with van der Waals surface area (Å²) < 4.78 is 0. The van der Waals surface area contributed by atoms with E-state index in [2.05, 4.69) is 9.89 Å². The first kappa shape index (κ1) is 10.8. The smallest absolute Gasteiger partial charge is 0.191 e. The average Bonchev–Trinajstić information content (AvgIpc) is 2.58. The maximum Gasteiger partial charge on any atom is 0.191 e. The molecule has 0 bridgehead atoms. The molecule has 0 unspecified atom stereocenters. The van der Waals surface area contributed by atoms with Crippen molar-refractivity contribution >= 4 is 5.96 Å². The number of hydrogen-bond donors (Lipinski definition) is 1. The average molecular weight is 209 g/mol. The van der Waals surface area contributed by atoms with E-state index in [-0.39, 0.29) is 0 Å². The van der Waals surface area contributed by atoms with Crippen molar-refractivity contribution in [2.24, 2.45) is 10.7 Å². The molecular weight excluding hydrogens is 186 g/mol. The molecule has 1 saturated heterocycles. The van der Waals surface area contributed by atoms with Gasteiger partial charge in [0.15, 0.2) is 5.96 Å². The number of hydrogen-bond acceptors (Lipinski definition) is 1. The molecule has 0 atom stereocenters. The molecule has 2 aliphatic rings. The third-order valence-electron chi connectivity index (χ3n) is 3.57. The maximum absolute atomic E-state index is 6.07. The van der Waals surface area contributed by atoms with Crippen LogP contribution in [0.5, 0.6) is 0 Å². The fraction of sp³-hybridized carbons (Fsp3) is 0.917. The molecule has 2 rings (SSSR count). The number of likely N-dealkylation sites (tertiary alicyclic amines) is 1. The molecule has 0 radical (unpaired) electrons. The van der Waals surface area contributed by atoms with Gasteiger partial charge in [-0.05, 0) is 25.7 Å². The van der Waals surface area contributed by atoms with Gasteiger partial charge in [-0.3, -0.25) is 0 Å². The second-order valence-corrected chi connectivity index (χ2v) is 4.83. The van der Waals surface area contributed by atoms with E-state index in [9.17, 15) is 0 Å². The molecule has 0 aromatic heterocycles. The number of nitrogens with zero attached hydrogens (tertiary/aromatic N) is 2. The Morgan fingerprint density at radius 3 is 2.13 bits per heavy atom. The van der Waals surface area contributed by atoms with Crippen LogP contribution in [0.2, 0.25) is 0 Å². The van der Waals surface area contributed by atoms with Crippen LogP contribution in [-0.4, -0.2) is 30.0 Å². The van der Waals surface area contributed by atoms with E-state index in [4.69, 9.17) is 5.73 Å². The zero-order chi connectivity index (χ0) is 10.5. The van der Waals surface area contributed by atoms with Gasteiger partial charge in [0.2, 0.25) is 0 Å². The fourth-order valence-corrected chi connectivity index (χ4v) is 2.60. The standard InChI is InChI=1S/C12H23N3/c13-12(14-11-7-3-4-8-11)15-9-5-1-2-6-10-15/h11H,1-10H2,(H2,13,14). The molecular formula is C12H23N3. The Labute approximate surface area is 92.7 Å². The Kier molecular flexibility index (Phi) is 3.87. The lowest BCUT2D eigenvalue weighted by Crippen LogP contribution is -2.38. The van der Waals surface area contributed by atoms with Gasteiger partial charge < -0.3 is 10.6 Å². The summed E-state index contributed by atoms with van der Waals surface area (Å²) in [5.41, 5.74) is 6.07. The molecule has 86 valence electrons. The van der Waals surface area contributed by atoms with Crippen molar-refractivity contribution in [1.82, 2.24) is 4.90 Å². The molecule has 1 aliphatic carbocycles. The number of aliphatic imine (C=N–C) groups is 1. The molecule has 0 aromatic carbocycles. The van der Waals surface area contributed by atoms with Crippen LogP contribution >= 0.6 is 0 Å². The number of rotatable bonds is 1. The second kappa shape index (κ2) is 5.38. The molecule has 0 aromatic rings. The highest BCUT2D eigenvalue weighted by Gasteiger charge is 2.16. The Hall–Kier alpha value is -0.730. The van der Waals surface area contributed by atoms with Crippen LogP contribution in [0.1, 0.15) is 51.4 Å². The van der Waals surface area contributed by atoms with Gasteiger partial charge in [0.25, 0.3) is 0 Å². The van der Waals surface area contributed by atoms with Gasteiger partial charge >= 0.3 is 0 Å². The number of nitrogens with two attached hydrogens (primary N) is 1. The first-order valence-corrected chi connectivity index (χ1v) is 6.44. The summed E-state index contributed by atoms with van der Waals surface area (Å²) in [7, 11) is 0. The van der Waals surface area contributed by atoms with Crippen LogP contribution in [0.15, 0.2) is 4.99 Å². The zero-order valence-corrected chi connectivity index (χ0v) is 9.62. The summed E-state index contributed by atoms with van der Waals surface area (Å²) in [4.78, 5) is 6.94. The summed E-state index contributed by atoms with van der Waals surface area (Å²) in [5.74, 6) is 0.809. The van der Waals surface area contributed by atoms with Crippen LogP contribution in [0.25, 0.3) is 0 Å². The van der Waals surface area contributed by atoms with Crippen molar-refractivity contribution < 1.29 is 0 Å². The first-order valence-electron chi connectivity index (χ1n) is 6.44. The minimum absolute atomic E-state index is 0.522. The van der Waals surface area contributed by atoms with Crippen molar-refractivity contribution in [2.45, 2.75) is 57.4 Å². The Morgan fingerprint density at radius 1 is 0.933 bits per heavy atom. The zero-order valence-electron chi connectivity index (χ0n) is 9.62. The highest BCUT2D eigenvalue weighted by molar-refractivity contribution is 5.78. The highest BCUT2D eigenvalue weighted by Crippen LogP contribution is 2.21. The van der Waals surface area contributed by atoms with Crippen molar-refractivity contribution in [1.29, 1.82) is 0 Å². The predicted octanol–water partition coefficient (Wildman–Crippen LogP) is 2.12. The lowest BCUT2D eigenvalue weighted by molar-refractivity contribution is 0.425. The SMILES string of the molecule is NC(=NC1CCCC1)N1CCCCCC1. The molecule has 1 aliphatic heterocycles. The highest BCUT2D eigenvalue weighted by atomic mass is 15.3. The van der Waals surface area contributed by atoms with E-state index in [0.29, 0.717) is 6.04 Å². The van der Waals surface area contributed by atoms with Gasteiger partial charge in [0.05, 0.1) is 6.04 Å². The topological polar surface area (TPSA) is 41.6 Å². The Morgan fingerprint density at radius 2 is 1.53 bits per heavy atom. The molecule has 15 heavy (non-hydrogen) atoms. The lowest BCUT2D eigenvalue weighted by atomic mass is 10.2. The maximum atomic E-state index is 6.07. The lowest BCUT2D eigenvalue weighted by Gasteiger charge is -2.22. The third kappa shape index (κ3) is 3.11. The van der Waals surface area contributed by atoms with E-state index < -0.39 is 0 Å². The molecule has 0 spiro atoms. The molecule has 2 N–H and O–H groups in total. The summed E-state index contributed by atoms with van der Waals surface area (Å²) in [6, 6.07) is 0.522. The first-order chi connectivity index (χ1) is 7.36. The van der Waals surface area contributed by atoms with Crippen LogP contribution in [0.4, 0.5) is 0 Å². The summed E-state index contributed by atoms with van der Waals surface area (Å²) in [6.07, 6.45) is 10.4. The van der Waals surface area contributed by atoms with Crippen molar-refractivity contribution in [3.63, 3.8) is 0 Å². The Balaban J connectivity index is 1.89. The van der Waals surface area contributed by atoms with Crippen LogP contribution in [0.3, 0.4) is 0 Å². The third-order valence-corrected chi connectivity index (χ3v) is 3.57. The summed E-state index contributed by atoms with van der Waals surface area (Å²) in [5, 5.41) is 0. The van der Waals surface area contributed by atoms with Gasteiger partial charge in [-0.2, -0.15) is 0 Å². The normalized spacial score (nSPS) is 25.6. The van der Waals surface area contributed by atoms with E-state index in [1.165, 1.54) is 51.4 Å². The number of guanidine groups is 1. The summed E-state index contributed by atoms with van der Waals surface area (Å²) in [6.45, 7) is 2.23. The second-order valence-electron chi connectivity index (χ2n) is 4.83. The van der Waals surface area contributed by atoms with Crippen molar-refractivity contribution in [3.8, 4) is 0 Å². The monoisotopic (exact) mass is 209 g/mol. The van der Waals surface area contributed by atoms with Gasteiger partial charge in [0.1, 0.15) is 0 Å². The van der Waals surface area contributed by atoms with Crippen LogP contribution in [-0.2, 0) is 0 Å². The van der Waals surface area contributed by atoms with Gasteiger partial charge in [-0.15, -0.1) is 0 Å². The van der Waals surface area contributed by atoms with E-state index >= 15 is 0 Å². The fourth-order valence-electron chi connectivity index (χ4n) is 2.60. The van der Waals surface area contributed by atoms with Crippen molar-refractivity contribution in [2.75, 3.05) is 13.1 Å². The van der Waals surface area contributed by atoms with E-state index in [1.807, 2.05) is 0 Å². The molecule has 2 fully saturated rings. The summed E-state index contributed by atoms with van der Waals surface area (Å²) >= 11 is 0. The largest absolute Gasteiger partial charge is 0.370 e. The quantitative estimate of drug-likeness (QED) is 0.531. The van der Waals surface area contributed by atoms with Gasteiger partial charge in [-0.1, -0.05) is 25.7 Å². The minimum Gasteiger partial charge on any atom is -0.370 e. The molecule has 1 saturated carbocycles. The van der Waals surface area contributed by atoms with Crippen LogP contribution < -0.4 is 5.73 Å². The van der Waals surface area contributed by atoms with Gasteiger partial charge in [0, 0.05) is 13.1 Å². The van der Waals surface area contributed by atoms with Crippen LogP contribution in [0, 0.1) is 0 Å². The van der Waals surface area contributed by atoms with Crippen molar-refractivity contribution in [3.05, 3.63) is 0 Å². The minimum atomic E-state index is 0.522. The Bertz CT molecular complexity index is 211. The van der Waals surface area contributed by atoms with E-state index in [0.717, 1.165) is 19.0 Å². The predicted molar refractivity (Wildman–Crippen MR) is 63.9 cm³/mol. The molecule has 0 amide bonds. The molecule has 3 heteroatoms. The molecule has 3 nitrogen and oxygen atoms in total. The van der Waals surface area contributed by atoms with E-state index in [1.54, 1.807) is 0 Å². The van der Waals surface area contributed by atoms with Gasteiger partial charge in [-0.25, -0.2) is 4.99 Å². The molecule has 1 heterocycles.